The smallest absolute Gasteiger partial charge is 0.216 e. The molecule has 20 heavy (non-hydrogen) atoms. The molecule has 1 aliphatic heterocycles. The van der Waals surface area contributed by atoms with Gasteiger partial charge in [0.15, 0.2) is 0 Å². The van der Waals surface area contributed by atoms with Crippen molar-refractivity contribution in [1.29, 1.82) is 5.26 Å². The highest BCUT2D eigenvalue weighted by Gasteiger charge is 2.30. The number of nitriles is 1. The summed E-state index contributed by atoms with van der Waals surface area (Å²) in [5.41, 5.74) is 1.05. The van der Waals surface area contributed by atoms with Gasteiger partial charge >= 0.3 is 0 Å². The first-order valence-electron chi connectivity index (χ1n) is 6.26. The molecule has 0 saturated carbocycles. The molecule has 0 aliphatic carbocycles. The minimum Gasteiger partial charge on any atom is -0.378 e. The fraction of sp³-hybridized carbons (Fsp3) is 0.462. The van der Waals surface area contributed by atoms with Crippen LogP contribution < -0.4 is 10.0 Å². The van der Waals surface area contributed by atoms with Crippen molar-refractivity contribution in [2.24, 2.45) is 0 Å². The van der Waals surface area contributed by atoms with Crippen LogP contribution in [0.3, 0.4) is 0 Å². The topological polar surface area (TPSA) is 91.2 Å². The number of ether oxygens (including phenoxy) is 1. The maximum atomic E-state index is 12.1. The Morgan fingerprint density at radius 1 is 1.50 bits per heavy atom. The maximum absolute atomic E-state index is 12.1. The summed E-state index contributed by atoms with van der Waals surface area (Å²) in [5.74, 6) is -0.143. The standard InChI is InChI=1S/C13H17N3O3S/c1-19-13-8-15-7-12(13)16-20(17,18)9-11-4-2-3-10(5-11)6-14/h2-5,12-13,15-16H,7-9H2,1H3/t12?,13-/m0/s1. The highest BCUT2D eigenvalue weighted by Crippen LogP contribution is 2.11. The molecular weight excluding hydrogens is 278 g/mol. The molecule has 1 aliphatic rings. The van der Waals surface area contributed by atoms with Gasteiger partial charge in [0.05, 0.1) is 29.5 Å². The fourth-order valence-corrected chi connectivity index (χ4v) is 3.64. The van der Waals surface area contributed by atoms with E-state index < -0.39 is 10.0 Å². The van der Waals surface area contributed by atoms with Crippen LogP contribution in [0.15, 0.2) is 24.3 Å². The molecule has 0 radical (unpaired) electrons. The van der Waals surface area contributed by atoms with Gasteiger partial charge in [0.2, 0.25) is 10.0 Å². The Bertz CT molecular complexity index is 610. The van der Waals surface area contributed by atoms with Crippen LogP contribution in [-0.2, 0) is 20.5 Å². The van der Waals surface area contributed by atoms with Crippen molar-refractivity contribution >= 4 is 10.0 Å². The van der Waals surface area contributed by atoms with Crippen LogP contribution in [-0.4, -0.2) is 40.8 Å². The first kappa shape index (κ1) is 14.9. The van der Waals surface area contributed by atoms with Gasteiger partial charge in [0, 0.05) is 20.2 Å². The average Bonchev–Trinajstić information content (AvgIpc) is 2.84. The van der Waals surface area contributed by atoms with Crippen LogP contribution in [0.25, 0.3) is 0 Å². The van der Waals surface area contributed by atoms with E-state index in [1.54, 1.807) is 31.4 Å². The van der Waals surface area contributed by atoms with E-state index in [4.69, 9.17) is 10.00 Å². The van der Waals surface area contributed by atoms with E-state index in [0.29, 0.717) is 24.2 Å². The molecule has 1 unspecified atom stereocenters. The SMILES string of the molecule is CO[C@H]1CNCC1NS(=O)(=O)Cc1cccc(C#N)c1. The third-order valence-electron chi connectivity index (χ3n) is 3.21. The lowest BCUT2D eigenvalue weighted by Gasteiger charge is -2.18. The Morgan fingerprint density at radius 3 is 3.00 bits per heavy atom. The molecule has 0 spiro atoms. The van der Waals surface area contributed by atoms with E-state index in [1.165, 1.54) is 0 Å². The Hall–Kier alpha value is -1.46. The van der Waals surface area contributed by atoms with Crippen molar-refractivity contribution in [3.8, 4) is 6.07 Å². The van der Waals surface area contributed by atoms with Crippen molar-refractivity contribution in [3.63, 3.8) is 0 Å². The van der Waals surface area contributed by atoms with Crippen LogP contribution in [0, 0.1) is 11.3 Å². The molecule has 1 fully saturated rings. The largest absolute Gasteiger partial charge is 0.378 e. The molecule has 0 amide bonds. The van der Waals surface area contributed by atoms with E-state index in [9.17, 15) is 8.42 Å². The summed E-state index contributed by atoms with van der Waals surface area (Å²) >= 11 is 0. The van der Waals surface area contributed by atoms with Gasteiger partial charge in [-0.2, -0.15) is 5.26 Å². The number of nitrogens with one attached hydrogen (secondary N) is 2. The molecule has 0 aromatic heterocycles. The van der Waals surface area contributed by atoms with Crippen molar-refractivity contribution < 1.29 is 13.2 Å². The second-order valence-corrected chi connectivity index (χ2v) is 6.48. The van der Waals surface area contributed by atoms with Crippen LogP contribution in [0.5, 0.6) is 0 Å². The summed E-state index contributed by atoms with van der Waals surface area (Å²) in [4.78, 5) is 0. The molecule has 2 N–H and O–H groups in total. The van der Waals surface area contributed by atoms with E-state index in [1.807, 2.05) is 6.07 Å². The van der Waals surface area contributed by atoms with E-state index >= 15 is 0 Å². The molecule has 1 heterocycles. The molecule has 2 atom stereocenters. The van der Waals surface area contributed by atoms with Gasteiger partial charge in [-0.3, -0.25) is 0 Å². The Balaban J connectivity index is 2.05. The molecule has 2 rings (SSSR count). The predicted molar refractivity (Wildman–Crippen MR) is 74.4 cm³/mol. The number of sulfonamides is 1. The monoisotopic (exact) mass is 295 g/mol. The van der Waals surface area contributed by atoms with E-state index in [2.05, 4.69) is 10.0 Å². The molecule has 1 saturated heterocycles. The van der Waals surface area contributed by atoms with Crippen molar-refractivity contribution in [3.05, 3.63) is 35.4 Å². The van der Waals surface area contributed by atoms with Gasteiger partial charge in [0.25, 0.3) is 0 Å². The van der Waals surface area contributed by atoms with E-state index in [0.717, 1.165) is 0 Å². The lowest BCUT2D eigenvalue weighted by molar-refractivity contribution is 0.103. The Morgan fingerprint density at radius 2 is 2.30 bits per heavy atom. The lowest BCUT2D eigenvalue weighted by Crippen LogP contribution is -2.43. The van der Waals surface area contributed by atoms with Gasteiger partial charge < -0.3 is 10.1 Å². The van der Waals surface area contributed by atoms with Gasteiger partial charge in [-0.1, -0.05) is 12.1 Å². The quantitative estimate of drug-likeness (QED) is 0.795. The number of hydrogen-bond donors (Lipinski definition) is 2. The van der Waals surface area contributed by atoms with Crippen LogP contribution in [0.2, 0.25) is 0 Å². The summed E-state index contributed by atoms with van der Waals surface area (Å²) in [7, 11) is -1.90. The third-order valence-corrected chi connectivity index (χ3v) is 4.58. The number of nitrogens with zero attached hydrogens (tertiary/aromatic N) is 1. The van der Waals surface area contributed by atoms with Crippen LogP contribution in [0.1, 0.15) is 11.1 Å². The Kier molecular flexibility index (Phi) is 4.73. The minimum absolute atomic E-state index is 0.143. The molecule has 7 heteroatoms. The number of hydrogen-bond acceptors (Lipinski definition) is 5. The maximum Gasteiger partial charge on any atom is 0.216 e. The molecule has 1 aromatic carbocycles. The second kappa shape index (κ2) is 6.33. The van der Waals surface area contributed by atoms with Gasteiger partial charge in [0.1, 0.15) is 0 Å². The van der Waals surface area contributed by atoms with Crippen LogP contribution >= 0.6 is 0 Å². The summed E-state index contributed by atoms with van der Waals surface area (Å²) in [5, 5.41) is 11.9. The summed E-state index contributed by atoms with van der Waals surface area (Å²) < 4.78 is 32.1. The normalized spacial score (nSPS) is 22.6. The summed E-state index contributed by atoms with van der Waals surface area (Å²) in [6.07, 6.45) is -0.157. The van der Waals surface area contributed by atoms with Crippen molar-refractivity contribution in [1.82, 2.24) is 10.0 Å². The van der Waals surface area contributed by atoms with E-state index in [-0.39, 0.29) is 17.9 Å². The number of rotatable bonds is 5. The molecule has 6 nitrogen and oxygen atoms in total. The molecule has 1 aromatic rings. The van der Waals surface area contributed by atoms with Gasteiger partial charge in [-0.25, -0.2) is 13.1 Å². The zero-order valence-corrected chi connectivity index (χ0v) is 12.0. The van der Waals surface area contributed by atoms with Crippen molar-refractivity contribution in [2.45, 2.75) is 17.9 Å². The average molecular weight is 295 g/mol. The molecular formula is C13H17N3O3S. The molecule has 0 bridgehead atoms. The third kappa shape index (κ3) is 3.77. The lowest BCUT2D eigenvalue weighted by atomic mass is 10.2. The predicted octanol–water partition coefficient (Wildman–Crippen LogP) is -0.0355. The highest BCUT2D eigenvalue weighted by molar-refractivity contribution is 7.88. The number of benzene rings is 1. The second-order valence-electron chi connectivity index (χ2n) is 4.73. The van der Waals surface area contributed by atoms with Crippen molar-refractivity contribution in [2.75, 3.05) is 20.2 Å². The Labute approximate surface area is 118 Å². The molecule has 108 valence electrons. The first-order chi connectivity index (χ1) is 9.54. The van der Waals surface area contributed by atoms with Crippen LogP contribution in [0.4, 0.5) is 0 Å². The minimum atomic E-state index is -3.47. The van der Waals surface area contributed by atoms with Gasteiger partial charge in [-0.05, 0) is 17.7 Å². The zero-order valence-electron chi connectivity index (χ0n) is 11.2. The fourth-order valence-electron chi connectivity index (χ4n) is 2.24. The highest BCUT2D eigenvalue weighted by atomic mass is 32.2. The summed E-state index contributed by atoms with van der Waals surface area (Å²) in [6.45, 7) is 1.18. The zero-order chi connectivity index (χ0) is 14.6. The summed E-state index contributed by atoms with van der Waals surface area (Å²) in [6, 6.07) is 8.34. The number of methoxy groups -OCH3 is 1. The van der Waals surface area contributed by atoms with Gasteiger partial charge in [-0.15, -0.1) is 0 Å². The first-order valence-corrected chi connectivity index (χ1v) is 7.92.